The van der Waals surface area contributed by atoms with Gasteiger partial charge in [-0.15, -0.1) is 11.8 Å². The molecule has 0 aliphatic rings. The van der Waals surface area contributed by atoms with Crippen LogP contribution in [0.1, 0.15) is 10.4 Å². The van der Waals surface area contributed by atoms with Gasteiger partial charge in [-0.2, -0.15) is 8.78 Å². The van der Waals surface area contributed by atoms with Gasteiger partial charge in [0.2, 0.25) is 0 Å². The van der Waals surface area contributed by atoms with Crippen molar-refractivity contribution >= 4 is 64.2 Å². The second kappa shape index (κ2) is 10.0. The van der Waals surface area contributed by atoms with Gasteiger partial charge in [0.1, 0.15) is 5.82 Å². The number of nitrogens with one attached hydrogen (secondary N) is 2. The van der Waals surface area contributed by atoms with Crippen molar-refractivity contribution in [3.05, 3.63) is 56.8 Å². The first kappa shape index (κ1) is 24.5. The molecule has 2 N–H and O–H groups in total. The molecule has 2 aromatic carbocycles. The molecule has 2 rings (SSSR count). The number of thioether (sulfide) groups is 1. The maximum atomic E-state index is 13.7. The van der Waals surface area contributed by atoms with E-state index in [0.29, 0.717) is 11.8 Å². The smallest absolute Gasteiger partial charge is 0.308 e. The molecular weight excluding hydrogens is 498 g/mol. The van der Waals surface area contributed by atoms with Crippen LogP contribution in [0.5, 0.6) is 0 Å². The zero-order chi connectivity index (χ0) is 22.6. The predicted octanol–water partition coefficient (Wildman–Crippen LogP) is 6.74. The summed E-state index contributed by atoms with van der Waals surface area (Å²) in [5.74, 6) is -7.58. The van der Waals surface area contributed by atoms with Crippen LogP contribution >= 0.6 is 46.6 Å². The Balaban J connectivity index is 2.08. The minimum absolute atomic E-state index is 0.0418. The van der Waals surface area contributed by atoms with Gasteiger partial charge in [-0.05, 0) is 24.3 Å². The predicted molar refractivity (Wildman–Crippen MR) is 106 cm³/mol. The van der Waals surface area contributed by atoms with E-state index in [9.17, 15) is 31.5 Å². The molecule has 0 unspecified atom stereocenters. The van der Waals surface area contributed by atoms with Gasteiger partial charge in [-0.3, -0.25) is 10.1 Å². The highest BCUT2D eigenvalue weighted by Gasteiger charge is 2.40. The van der Waals surface area contributed by atoms with Gasteiger partial charge >= 0.3 is 18.4 Å². The molecule has 0 aliphatic carbocycles. The topological polar surface area (TPSA) is 58.2 Å². The van der Waals surface area contributed by atoms with Crippen LogP contribution in [-0.2, 0) is 0 Å². The molecule has 0 aliphatic heterocycles. The Kier molecular flexibility index (Phi) is 8.20. The third-order valence-corrected chi connectivity index (χ3v) is 5.79. The minimum Gasteiger partial charge on any atom is -0.308 e. The number of amides is 3. The number of rotatable bonds is 6. The van der Waals surface area contributed by atoms with Crippen molar-refractivity contribution in [3.63, 3.8) is 0 Å². The second-order valence-electron chi connectivity index (χ2n) is 5.62. The molecule has 3 amide bonds. The number of hydrogen-bond acceptors (Lipinski definition) is 3. The van der Waals surface area contributed by atoms with Crippen molar-refractivity contribution < 1.29 is 31.5 Å². The Morgan fingerprint density at radius 1 is 1.07 bits per heavy atom. The molecule has 0 atom stereocenters. The SMILES string of the molecule is O=C(NC(=O)c1c(F)cccc1Cl)Nc1cc(Cl)c(SCC(F)(F)C(F)F)c(Cl)c1. The van der Waals surface area contributed by atoms with Crippen molar-refractivity contribution in [2.45, 2.75) is 17.2 Å². The molecule has 162 valence electrons. The van der Waals surface area contributed by atoms with Crippen molar-refractivity contribution in [1.82, 2.24) is 5.32 Å². The largest absolute Gasteiger partial charge is 0.326 e. The van der Waals surface area contributed by atoms with E-state index < -0.39 is 41.4 Å². The number of hydrogen-bond donors (Lipinski definition) is 2. The first-order valence-electron chi connectivity index (χ1n) is 7.76. The number of alkyl halides is 4. The van der Waals surface area contributed by atoms with Crippen molar-refractivity contribution in [2.24, 2.45) is 0 Å². The molecule has 2 aromatic rings. The van der Waals surface area contributed by atoms with Gasteiger partial charge < -0.3 is 5.32 Å². The Hall–Kier alpha value is -1.75. The summed E-state index contributed by atoms with van der Waals surface area (Å²) in [6, 6.07) is 4.63. The van der Waals surface area contributed by atoms with Crippen molar-refractivity contribution in [3.8, 4) is 0 Å². The molecule has 0 heterocycles. The monoisotopic (exact) mass is 506 g/mol. The normalized spacial score (nSPS) is 11.5. The number of carbonyl (C=O) groups excluding carboxylic acids is 2. The zero-order valence-corrected chi connectivity index (χ0v) is 17.5. The summed E-state index contributed by atoms with van der Waals surface area (Å²) in [6.45, 7) is 0. The number of urea groups is 1. The molecule has 0 radical (unpaired) electrons. The van der Waals surface area contributed by atoms with E-state index in [4.69, 9.17) is 34.8 Å². The Bertz CT molecular complexity index is 935. The molecule has 0 saturated heterocycles. The van der Waals surface area contributed by atoms with Crippen LogP contribution in [-0.4, -0.2) is 30.0 Å². The molecular formula is C17H10Cl3F5N2O2S. The minimum atomic E-state index is -4.25. The number of halogens is 8. The standard InChI is InChI=1S/C17H10Cl3F5N2O2S/c18-8-2-1-3-11(21)12(8)14(28)27-16(29)26-7-4-9(19)13(10(20)5-7)30-6-17(24,25)15(22)23/h1-5,15H,6H2,(H2,26,27,28,29). The number of imide groups is 1. The highest BCUT2D eigenvalue weighted by molar-refractivity contribution is 7.99. The average Bonchev–Trinajstić information content (AvgIpc) is 2.60. The summed E-state index contributed by atoms with van der Waals surface area (Å²) < 4.78 is 64.4. The number of anilines is 1. The van der Waals surface area contributed by atoms with Gasteiger partial charge in [-0.25, -0.2) is 18.0 Å². The summed E-state index contributed by atoms with van der Waals surface area (Å²) in [7, 11) is 0. The number of benzene rings is 2. The van der Waals surface area contributed by atoms with Crippen LogP contribution in [0.15, 0.2) is 35.2 Å². The van der Waals surface area contributed by atoms with E-state index in [1.54, 1.807) is 0 Å². The lowest BCUT2D eigenvalue weighted by atomic mass is 10.2. The summed E-state index contributed by atoms with van der Waals surface area (Å²) in [6.07, 6.45) is -3.85. The van der Waals surface area contributed by atoms with Gasteiger partial charge in [0, 0.05) is 10.6 Å². The van der Waals surface area contributed by atoms with Gasteiger partial charge in [-0.1, -0.05) is 40.9 Å². The van der Waals surface area contributed by atoms with Crippen LogP contribution < -0.4 is 10.6 Å². The molecule has 13 heteroatoms. The quantitative estimate of drug-likeness (QED) is 0.336. The first-order chi connectivity index (χ1) is 13.9. The maximum absolute atomic E-state index is 13.7. The fourth-order valence-electron chi connectivity index (χ4n) is 2.04. The molecule has 0 saturated carbocycles. The Labute approximate surface area is 186 Å². The van der Waals surface area contributed by atoms with Crippen LogP contribution in [0, 0.1) is 5.82 Å². The maximum Gasteiger partial charge on any atom is 0.326 e. The summed E-state index contributed by atoms with van der Waals surface area (Å²) in [5.41, 5.74) is -0.586. The fourth-order valence-corrected chi connectivity index (χ4v) is 3.96. The van der Waals surface area contributed by atoms with E-state index in [1.165, 1.54) is 12.1 Å². The van der Waals surface area contributed by atoms with Gasteiger partial charge in [0.15, 0.2) is 0 Å². The molecule has 4 nitrogen and oxygen atoms in total. The molecule has 0 aromatic heterocycles. The average molecular weight is 508 g/mol. The van der Waals surface area contributed by atoms with E-state index in [1.807, 2.05) is 5.32 Å². The van der Waals surface area contributed by atoms with Gasteiger partial charge in [0.05, 0.1) is 26.4 Å². The second-order valence-corrected chi connectivity index (χ2v) is 7.83. The lowest BCUT2D eigenvalue weighted by molar-refractivity contribution is -0.109. The third kappa shape index (κ3) is 6.13. The summed E-state index contributed by atoms with van der Waals surface area (Å²) >= 11 is 17.9. The lowest BCUT2D eigenvalue weighted by Crippen LogP contribution is -2.35. The third-order valence-electron chi connectivity index (χ3n) is 3.40. The summed E-state index contributed by atoms with van der Waals surface area (Å²) in [4.78, 5) is 23.9. The highest BCUT2D eigenvalue weighted by atomic mass is 35.5. The highest BCUT2D eigenvalue weighted by Crippen LogP contribution is 2.40. The molecule has 0 spiro atoms. The van der Waals surface area contributed by atoms with Crippen LogP contribution in [0.2, 0.25) is 15.1 Å². The number of carbonyl (C=O) groups is 2. The Morgan fingerprint density at radius 3 is 2.20 bits per heavy atom. The van der Waals surface area contributed by atoms with Gasteiger partial charge in [0.25, 0.3) is 5.91 Å². The van der Waals surface area contributed by atoms with E-state index in [0.717, 1.165) is 18.2 Å². The molecule has 30 heavy (non-hydrogen) atoms. The van der Waals surface area contributed by atoms with E-state index in [2.05, 4.69) is 5.32 Å². The van der Waals surface area contributed by atoms with E-state index >= 15 is 0 Å². The molecule has 0 bridgehead atoms. The van der Waals surface area contributed by atoms with Crippen molar-refractivity contribution in [2.75, 3.05) is 11.1 Å². The van der Waals surface area contributed by atoms with Crippen LogP contribution in [0.25, 0.3) is 0 Å². The van der Waals surface area contributed by atoms with E-state index in [-0.39, 0.29) is 25.7 Å². The zero-order valence-electron chi connectivity index (χ0n) is 14.4. The van der Waals surface area contributed by atoms with Crippen molar-refractivity contribution in [1.29, 1.82) is 0 Å². The first-order valence-corrected chi connectivity index (χ1v) is 9.88. The Morgan fingerprint density at radius 2 is 1.67 bits per heavy atom. The molecule has 0 fully saturated rings. The lowest BCUT2D eigenvalue weighted by Gasteiger charge is -2.16. The van der Waals surface area contributed by atoms with Crippen LogP contribution in [0.3, 0.4) is 0 Å². The fraction of sp³-hybridized carbons (Fsp3) is 0.176. The summed E-state index contributed by atoms with van der Waals surface area (Å²) in [5, 5.41) is 3.44. The van der Waals surface area contributed by atoms with Crippen LogP contribution in [0.4, 0.5) is 32.4 Å².